The molecular weight excluding hydrogens is 342 g/mol. The number of hydrogen-bond donors (Lipinski definition) is 0. The summed E-state index contributed by atoms with van der Waals surface area (Å²) in [5.41, 5.74) is 3.24. The van der Waals surface area contributed by atoms with Crippen molar-refractivity contribution in [3.63, 3.8) is 0 Å². The van der Waals surface area contributed by atoms with Crippen molar-refractivity contribution in [2.24, 2.45) is 0 Å². The molecule has 0 bridgehead atoms. The van der Waals surface area contributed by atoms with Gasteiger partial charge in [-0.25, -0.2) is 4.68 Å². The van der Waals surface area contributed by atoms with Gasteiger partial charge >= 0.3 is 6.43 Å². The van der Waals surface area contributed by atoms with Gasteiger partial charge < -0.3 is 4.42 Å². The summed E-state index contributed by atoms with van der Waals surface area (Å²) < 4.78 is 31.7. The molecular formula is C17H12F2N6O. The Bertz CT molecular complexity index is 998. The summed E-state index contributed by atoms with van der Waals surface area (Å²) >= 11 is 0. The number of halogens is 2. The van der Waals surface area contributed by atoms with Crippen LogP contribution in [-0.2, 0) is 6.54 Å². The molecule has 3 heterocycles. The first-order valence-corrected chi connectivity index (χ1v) is 7.70. The molecule has 130 valence electrons. The maximum atomic E-state index is 12.5. The van der Waals surface area contributed by atoms with Gasteiger partial charge in [0.1, 0.15) is 5.69 Å². The number of rotatable bonds is 5. The molecule has 4 aromatic rings. The summed E-state index contributed by atoms with van der Waals surface area (Å²) in [4.78, 5) is 3.98. The van der Waals surface area contributed by atoms with E-state index in [-0.39, 0.29) is 5.89 Å². The molecule has 0 fully saturated rings. The zero-order valence-corrected chi connectivity index (χ0v) is 13.3. The lowest BCUT2D eigenvalue weighted by atomic mass is 10.1. The third kappa shape index (κ3) is 3.32. The predicted octanol–water partition coefficient (Wildman–Crippen LogP) is 3.38. The first kappa shape index (κ1) is 16.0. The molecule has 7 nitrogen and oxygen atoms in total. The lowest BCUT2D eigenvalue weighted by Crippen LogP contribution is -2.00. The van der Waals surface area contributed by atoms with Gasteiger partial charge in [0.2, 0.25) is 5.89 Å². The van der Waals surface area contributed by atoms with Crippen molar-refractivity contribution in [1.82, 2.24) is 30.2 Å². The van der Waals surface area contributed by atoms with Crippen LogP contribution in [0.5, 0.6) is 0 Å². The van der Waals surface area contributed by atoms with Gasteiger partial charge in [0.25, 0.3) is 5.89 Å². The Hall–Kier alpha value is -3.49. The summed E-state index contributed by atoms with van der Waals surface area (Å²) in [6, 6.07) is 10.9. The molecule has 1 aromatic carbocycles. The van der Waals surface area contributed by atoms with E-state index in [1.54, 1.807) is 29.2 Å². The Morgan fingerprint density at radius 3 is 2.38 bits per heavy atom. The van der Waals surface area contributed by atoms with Crippen LogP contribution in [0.2, 0.25) is 0 Å². The van der Waals surface area contributed by atoms with Gasteiger partial charge in [0, 0.05) is 23.5 Å². The van der Waals surface area contributed by atoms with Gasteiger partial charge in [0.05, 0.1) is 12.7 Å². The smallest absolute Gasteiger partial charge is 0.314 e. The second-order valence-electron chi connectivity index (χ2n) is 5.48. The van der Waals surface area contributed by atoms with Crippen molar-refractivity contribution in [1.29, 1.82) is 0 Å². The normalized spacial score (nSPS) is 11.2. The van der Waals surface area contributed by atoms with Crippen LogP contribution in [0.4, 0.5) is 8.78 Å². The van der Waals surface area contributed by atoms with Crippen molar-refractivity contribution >= 4 is 0 Å². The zero-order valence-electron chi connectivity index (χ0n) is 13.3. The minimum atomic E-state index is -2.78. The van der Waals surface area contributed by atoms with E-state index < -0.39 is 12.3 Å². The molecule has 0 radical (unpaired) electrons. The van der Waals surface area contributed by atoms with Gasteiger partial charge in [-0.2, -0.15) is 8.78 Å². The molecule has 0 aliphatic heterocycles. The van der Waals surface area contributed by atoms with Crippen LogP contribution in [0, 0.1) is 0 Å². The topological polar surface area (TPSA) is 82.5 Å². The Morgan fingerprint density at radius 1 is 0.923 bits per heavy atom. The second kappa shape index (κ2) is 6.79. The highest BCUT2D eigenvalue weighted by molar-refractivity contribution is 5.56. The third-order valence-corrected chi connectivity index (χ3v) is 3.69. The SMILES string of the molecule is FC(F)c1nnc(-c2ccc(Cn3cc(-c4ccncc4)nn3)cc2)o1. The van der Waals surface area contributed by atoms with Crippen LogP contribution in [0.1, 0.15) is 17.9 Å². The monoisotopic (exact) mass is 354 g/mol. The van der Waals surface area contributed by atoms with E-state index >= 15 is 0 Å². The summed E-state index contributed by atoms with van der Waals surface area (Å²) in [6.45, 7) is 0.518. The van der Waals surface area contributed by atoms with Crippen LogP contribution in [0.25, 0.3) is 22.7 Å². The average Bonchev–Trinajstić information content (AvgIpc) is 3.33. The summed E-state index contributed by atoms with van der Waals surface area (Å²) in [5, 5.41) is 15.2. The van der Waals surface area contributed by atoms with E-state index in [1.807, 2.05) is 30.5 Å². The van der Waals surface area contributed by atoms with Gasteiger partial charge in [-0.3, -0.25) is 4.98 Å². The van der Waals surface area contributed by atoms with Crippen molar-refractivity contribution in [3.05, 3.63) is 66.4 Å². The average molecular weight is 354 g/mol. The molecule has 0 atom stereocenters. The van der Waals surface area contributed by atoms with E-state index in [0.29, 0.717) is 12.1 Å². The number of benzene rings is 1. The maximum Gasteiger partial charge on any atom is 0.314 e. The highest BCUT2D eigenvalue weighted by atomic mass is 19.3. The molecule has 0 aliphatic carbocycles. The number of aromatic nitrogens is 6. The molecule has 0 aliphatic rings. The number of nitrogens with zero attached hydrogens (tertiary/aromatic N) is 6. The minimum Gasteiger partial charge on any atom is -0.415 e. The van der Waals surface area contributed by atoms with Crippen LogP contribution < -0.4 is 0 Å². The molecule has 0 N–H and O–H groups in total. The van der Waals surface area contributed by atoms with Crippen molar-refractivity contribution in [2.45, 2.75) is 13.0 Å². The van der Waals surface area contributed by atoms with Crippen LogP contribution in [-0.4, -0.2) is 30.2 Å². The summed E-state index contributed by atoms with van der Waals surface area (Å²) in [5.74, 6) is -0.622. The molecule has 0 unspecified atom stereocenters. The molecule has 26 heavy (non-hydrogen) atoms. The third-order valence-electron chi connectivity index (χ3n) is 3.69. The molecule has 9 heteroatoms. The number of pyridine rings is 1. The summed E-state index contributed by atoms with van der Waals surface area (Å²) in [6.07, 6.45) is 2.46. The fraction of sp³-hybridized carbons (Fsp3) is 0.118. The minimum absolute atomic E-state index is 0.0626. The lowest BCUT2D eigenvalue weighted by molar-refractivity contribution is 0.116. The Morgan fingerprint density at radius 2 is 1.69 bits per heavy atom. The van der Waals surface area contributed by atoms with E-state index in [2.05, 4.69) is 25.5 Å². The van der Waals surface area contributed by atoms with E-state index in [1.165, 1.54) is 0 Å². The van der Waals surface area contributed by atoms with Crippen LogP contribution in [0.15, 0.2) is 59.4 Å². The largest absolute Gasteiger partial charge is 0.415 e. The van der Waals surface area contributed by atoms with Gasteiger partial charge in [-0.1, -0.05) is 17.3 Å². The number of hydrogen-bond acceptors (Lipinski definition) is 6. The van der Waals surface area contributed by atoms with Crippen LogP contribution in [0.3, 0.4) is 0 Å². The van der Waals surface area contributed by atoms with Crippen molar-refractivity contribution in [3.8, 4) is 22.7 Å². The van der Waals surface area contributed by atoms with E-state index in [4.69, 9.17) is 4.42 Å². The molecule has 0 spiro atoms. The van der Waals surface area contributed by atoms with Crippen LogP contribution >= 0.6 is 0 Å². The highest BCUT2D eigenvalue weighted by Crippen LogP contribution is 2.23. The van der Waals surface area contributed by atoms with E-state index in [0.717, 1.165) is 16.8 Å². The van der Waals surface area contributed by atoms with Gasteiger partial charge in [-0.15, -0.1) is 15.3 Å². The second-order valence-corrected chi connectivity index (χ2v) is 5.48. The lowest BCUT2D eigenvalue weighted by Gasteiger charge is -2.02. The fourth-order valence-electron chi connectivity index (χ4n) is 2.41. The fourth-order valence-corrected chi connectivity index (χ4v) is 2.41. The number of alkyl halides is 2. The predicted molar refractivity (Wildman–Crippen MR) is 87.0 cm³/mol. The Balaban J connectivity index is 1.48. The molecule has 4 rings (SSSR count). The first-order chi connectivity index (χ1) is 12.7. The maximum absolute atomic E-state index is 12.5. The molecule has 3 aromatic heterocycles. The summed E-state index contributed by atoms with van der Waals surface area (Å²) in [7, 11) is 0. The van der Waals surface area contributed by atoms with Crippen molar-refractivity contribution < 1.29 is 13.2 Å². The van der Waals surface area contributed by atoms with Gasteiger partial charge in [-0.05, 0) is 29.8 Å². The standard InChI is InChI=1S/C17H12F2N6O/c18-15(19)17-23-22-16(26-17)13-3-1-11(2-4-13)9-25-10-14(21-24-25)12-5-7-20-8-6-12/h1-8,10,15H,9H2. The quantitative estimate of drug-likeness (QED) is 0.546. The Kier molecular flexibility index (Phi) is 4.18. The molecule has 0 amide bonds. The van der Waals surface area contributed by atoms with E-state index in [9.17, 15) is 8.78 Å². The van der Waals surface area contributed by atoms with Crippen molar-refractivity contribution in [2.75, 3.05) is 0 Å². The molecule has 0 saturated carbocycles. The zero-order chi connectivity index (χ0) is 17.9. The highest BCUT2D eigenvalue weighted by Gasteiger charge is 2.16. The molecule has 0 saturated heterocycles. The first-order valence-electron chi connectivity index (χ1n) is 7.70. The Labute approximate surface area is 146 Å². The van der Waals surface area contributed by atoms with Gasteiger partial charge in [0.15, 0.2) is 0 Å².